The van der Waals surface area contributed by atoms with E-state index in [1.165, 1.54) is 30.8 Å². The Morgan fingerprint density at radius 2 is 2.11 bits per heavy atom. The topological polar surface area (TPSA) is 15.3 Å². The fourth-order valence-corrected chi connectivity index (χ4v) is 2.90. The van der Waals surface area contributed by atoms with Crippen molar-refractivity contribution in [1.29, 1.82) is 0 Å². The van der Waals surface area contributed by atoms with Crippen LogP contribution in [0.25, 0.3) is 0 Å². The lowest BCUT2D eigenvalue weighted by Gasteiger charge is -2.32. The Morgan fingerprint density at radius 1 is 1.33 bits per heavy atom. The SMILES string of the molecule is CCN(CC(C)C)CC1CCNc2ccccc21. The van der Waals surface area contributed by atoms with Crippen LogP contribution in [0, 0.1) is 5.92 Å². The van der Waals surface area contributed by atoms with Gasteiger partial charge < -0.3 is 10.2 Å². The highest BCUT2D eigenvalue weighted by Crippen LogP contribution is 2.31. The molecule has 2 nitrogen and oxygen atoms in total. The second-order valence-electron chi connectivity index (χ2n) is 5.75. The van der Waals surface area contributed by atoms with E-state index in [0.29, 0.717) is 5.92 Å². The van der Waals surface area contributed by atoms with Crippen LogP contribution in [0.4, 0.5) is 5.69 Å². The summed E-state index contributed by atoms with van der Waals surface area (Å²) in [7, 11) is 0. The van der Waals surface area contributed by atoms with E-state index in [4.69, 9.17) is 0 Å². The van der Waals surface area contributed by atoms with Crippen LogP contribution in [-0.4, -0.2) is 31.1 Å². The molecule has 2 heteroatoms. The predicted octanol–water partition coefficient (Wildman–Crippen LogP) is 3.56. The number of fused-ring (bicyclic) bond motifs is 1. The maximum absolute atomic E-state index is 3.51. The third kappa shape index (κ3) is 3.26. The Hall–Kier alpha value is -1.02. The van der Waals surface area contributed by atoms with Gasteiger partial charge in [-0.05, 0) is 30.5 Å². The van der Waals surface area contributed by atoms with Gasteiger partial charge in [0.15, 0.2) is 0 Å². The third-order valence-corrected chi connectivity index (χ3v) is 3.76. The lowest BCUT2D eigenvalue weighted by molar-refractivity contribution is 0.237. The third-order valence-electron chi connectivity index (χ3n) is 3.76. The van der Waals surface area contributed by atoms with Gasteiger partial charge in [0, 0.05) is 31.2 Å². The molecule has 1 aromatic carbocycles. The number of nitrogens with zero attached hydrogens (tertiary/aromatic N) is 1. The molecule has 0 saturated carbocycles. The van der Waals surface area contributed by atoms with Gasteiger partial charge in [-0.1, -0.05) is 39.0 Å². The first kappa shape index (κ1) is 13.4. The molecular weight excluding hydrogens is 220 g/mol. The van der Waals surface area contributed by atoms with Crippen molar-refractivity contribution in [3.8, 4) is 0 Å². The van der Waals surface area contributed by atoms with Crippen molar-refractivity contribution in [2.75, 3.05) is 31.5 Å². The Bertz CT molecular complexity index is 373. The maximum atomic E-state index is 3.51. The molecule has 0 amide bonds. The van der Waals surface area contributed by atoms with Gasteiger partial charge in [0.25, 0.3) is 0 Å². The molecule has 1 N–H and O–H groups in total. The number of rotatable bonds is 5. The van der Waals surface area contributed by atoms with Crippen LogP contribution >= 0.6 is 0 Å². The molecule has 2 rings (SSSR count). The van der Waals surface area contributed by atoms with Crippen molar-refractivity contribution in [3.63, 3.8) is 0 Å². The zero-order valence-electron chi connectivity index (χ0n) is 11.9. The largest absolute Gasteiger partial charge is 0.385 e. The quantitative estimate of drug-likeness (QED) is 0.854. The summed E-state index contributed by atoms with van der Waals surface area (Å²) >= 11 is 0. The lowest BCUT2D eigenvalue weighted by Crippen LogP contribution is -2.34. The summed E-state index contributed by atoms with van der Waals surface area (Å²) in [5, 5.41) is 3.51. The first-order valence-corrected chi connectivity index (χ1v) is 7.25. The fourth-order valence-electron chi connectivity index (χ4n) is 2.90. The molecule has 0 fully saturated rings. The Kier molecular flexibility index (Phi) is 4.65. The van der Waals surface area contributed by atoms with Gasteiger partial charge >= 0.3 is 0 Å². The lowest BCUT2D eigenvalue weighted by atomic mass is 9.90. The highest BCUT2D eigenvalue weighted by Gasteiger charge is 2.21. The minimum Gasteiger partial charge on any atom is -0.385 e. The molecule has 0 bridgehead atoms. The first-order chi connectivity index (χ1) is 8.70. The molecule has 100 valence electrons. The van der Waals surface area contributed by atoms with E-state index in [1.807, 2.05) is 0 Å². The summed E-state index contributed by atoms with van der Waals surface area (Å²) in [4.78, 5) is 2.59. The van der Waals surface area contributed by atoms with E-state index < -0.39 is 0 Å². The summed E-state index contributed by atoms with van der Waals surface area (Å²) in [5.41, 5.74) is 2.85. The van der Waals surface area contributed by atoms with Gasteiger partial charge in [-0.15, -0.1) is 0 Å². The molecule has 0 aromatic heterocycles. The number of hydrogen-bond donors (Lipinski definition) is 1. The molecule has 1 atom stereocenters. The van der Waals surface area contributed by atoms with E-state index in [1.54, 1.807) is 0 Å². The van der Waals surface area contributed by atoms with E-state index in [2.05, 4.69) is 55.3 Å². The number of hydrogen-bond acceptors (Lipinski definition) is 2. The van der Waals surface area contributed by atoms with Crippen LogP contribution in [0.15, 0.2) is 24.3 Å². The molecule has 1 heterocycles. The van der Waals surface area contributed by atoms with Gasteiger partial charge in [-0.2, -0.15) is 0 Å². The minimum atomic E-state index is 0.696. The summed E-state index contributed by atoms with van der Waals surface area (Å²) in [6.45, 7) is 11.6. The second kappa shape index (κ2) is 6.24. The normalized spacial score (nSPS) is 18.8. The predicted molar refractivity (Wildman–Crippen MR) is 79.2 cm³/mol. The van der Waals surface area contributed by atoms with Crippen LogP contribution in [0.3, 0.4) is 0 Å². The number of nitrogens with one attached hydrogen (secondary N) is 1. The summed E-state index contributed by atoms with van der Waals surface area (Å²) in [6, 6.07) is 8.78. The molecule has 18 heavy (non-hydrogen) atoms. The van der Waals surface area contributed by atoms with Crippen molar-refractivity contribution in [1.82, 2.24) is 4.90 Å². The van der Waals surface area contributed by atoms with E-state index in [0.717, 1.165) is 19.0 Å². The molecule has 0 saturated heterocycles. The van der Waals surface area contributed by atoms with Crippen LogP contribution < -0.4 is 5.32 Å². The first-order valence-electron chi connectivity index (χ1n) is 7.25. The summed E-state index contributed by atoms with van der Waals surface area (Å²) < 4.78 is 0. The number of anilines is 1. The fraction of sp³-hybridized carbons (Fsp3) is 0.625. The smallest absolute Gasteiger partial charge is 0.0376 e. The molecule has 1 aliphatic heterocycles. The van der Waals surface area contributed by atoms with Crippen molar-refractivity contribution < 1.29 is 0 Å². The van der Waals surface area contributed by atoms with E-state index in [9.17, 15) is 0 Å². The van der Waals surface area contributed by atoms with E-state index in [-0.39, 0.29) is 0 Å². The van der Waals surface area contributed by atoms with Gasteiger partial charge in [0.05, 0.1) is 0 Å². The summed E-state index contributed by atoms with van der Waals surface area (Å²) in [6.07, 6.45) is 1.26. The van der Waals surface area contributed by atoms with Crippen molar-refractivity contribution in [3.05, 3.63) is 29.8 Å². The van der Waals surface area contributed by atoms with Crippen molar-refractivity contribution in [2.45, 2.75) is 33.1 Å². The van der Waals surface area contributed by atoms with Gasteiger partial charge in [0.1, 0.15) is 0 Å². The second-order valence-corrected chi connectivity index (χ2v) is 5.75. The zero-order chi connectivity index (χ0) is 13.0. The monoisotopic (exact) mass is 246 g/mol. The molecule has 1 aliphatic rings. The standard InChI is InChI=1S/C16H26N2/c1-4-18(11-13(2)3)12-14-9-10-17-16-8-6-5-7-15(14)16/h5-8,13-14,17H,4,9-12H2,1-3H3. The van der Waals surface area contributed by atoms with Crippen LogP contribution in [0.5, 0.6) is 0 Å². The molecule has 0 aliphatic carbocycles. The number of benzene rings is 1. The zero-order valence-corrected chi connectivity index (χ0v) is 11.9. The van der Waals surface area contributed by atoms with E-state index >= 15 is 0 Å². The van der Waals surface area contributed by atoms with Gasteiger partial charge in [-0.25, -0.2) is 0 Å². The summed E-state index contributed by atoms with van der Waals surface area (Å²) in [5.74, 6) is 1.45. The average Bonchev–Trinajstić information content (AvgIpc) is 2.38. The highest BCUT2D eigenvalue weighted by atomic mass is 15.1. The molecular formula is C16H26N2. The molecule has 1 aromatic rings. The highest BCUT2D eigenvalue weighted by molar-refractivity contribution is 5.54. The van der Waals surface area contributed by atoms with Gasteiger partial charge in [0.2, 0.25) is 0 Å². The maximum Gasteiger partial charge on any atom is 0.0376 e. The van der Waals surface area contributed by atoms with Crippen LogP contribution in [0.1, 0.15) is 38.7 Å². The van der Waals surface area contributed by atoms with Crippen molar-refractivity contribution >= 4 is 5.69 Å². The van der Waals surface area contributed by atoms with Crippen LogP contribution in [0.2, 0.25) is 0 Å². The minimum absolute atomic E-state index is 0.696. The Balaban J connectivity index is 2.06. The average molecular weight is 246 g/mol. The van der Waals surface area contributed by atoms with Gasteiger partial charge in [-0.3, -0.25) is 0 Å². The molecule has 0 spiro atoms. The Morgan fingerprint density at radius 3 is 2.83 bits per heavy atom. The number of para-hydroxylation sites is 1. The van der Waals surface area contributed by atoms with Crippen LogP contribution in [-0.2, 0) is 0 Å². The number of likely N-dealkylation sites (N-methyl/N-ethyl adjacent to an activating group) is 1. The Labute approximate surface area is 111 Å². The molecule has 1 unspecified atom stereocenters. The van der Waals surface area contributed by atoms with Crippen molar-refractivity contribution in [2.24, 2.45) is 5.92 Å². The molecule has 0 radical (unpaired) electrons.